The molecule has 26 heavy (non-hydrogen) atoms. The highest BCUT2D eigenvalue weighted by Gasteiger charge is 2.43. The lowest BCUT2D eigenvalue weighted by molar-refractivity contribution is -0.117. The molecule has 0 saturated carbocycles. The number of rotatable bonds is 3. The number of Topliss-reactive ketones (excluding diaryl/α,β-unsaturated/α-hetero) is 1. The summed E-state index contributed by atoms with van der Waals surface area (Å²) in [6.45, 7) is 3.33. The molecule has 1 aromatic heterocycles. The molecule has 0 fully saturated rings. The molecule has 0 saturated heterocycles. The first-order valence-electron chi connectivity index (χ1n) is 8.24. The highest BCUT2D eigenvalue weighted by Crippen LogP contribution is 2.41. The Morgan fingerprint density at radius 2 is 1.92 bits per heavy atom. The van der Waals surface area contributed by atoms with Crippen LogP contribution in [0.4, 0.5) is 5.69 Å². The van der Waals surface area contributed by atoms with Gasteiger partial charge in [0.05, 0.1) is 29.0 Å². The number of aliphatic hydroxyl groups is 1. The van der Waals surface area contributed by atoms with E-state index in [4.69, 9.17) is 0 Å². The summed E-state index contributed by atoms with van der Waals surface area (Å²) in [5.41, 5.74) is 4.08. The van der Waals surface area contributed by atoms with Crippen molar-refractivity contribution in [1.82, 2.24) is 9.97 Å². The van der Waals surface area contributed by atoms with Crippen molar-refractivity contribution in [2.75, 3.05) is 4.90 Å². The summed E-state index contributed by atoms with van der Waals surface area (Å²) in [6, 6.07) is 12.3. The van der Waals surface area contributed by atoms with Gasteiger partial charge in [-0.1, -0.05) is 29.8 Å². The van der Waals surface area contributed by atoms with Crippen LogP contribution in [0, 0.1) is 6.92 Å². The van der Waals surface area contributed by atoms with Crippen molar-refractivity contribution in [1.29, 1.82) is 0 Å². The van der Waals surface area contributed by atoms with Gasteiger partial charge in [0, 0.05) is 5.69 Å². The molecular weight excluding hydrogens is 330 g/mol. The molecule has 130 valence electrons. The van der Waals surface area contributed by atoms with Crippen LogP contribution in [0.5, 0.6) is 0 Å². The maximum Gasteiger partial charge on any atom is 0.294 e. The number of aromatic amines is 1. The maximum absolute atomic E-state index is 12.8. The van der Waals surface area contributed by atoms with Crippen molar-refractivity contribution in [2.24, 2.45) is 0 Å². The van der Waals surface area contributed by atoms with Crippen LogP contribution >= 0.6 is 0 Å². The van der Waals surface area contributed by atoms with Gasteiger partial charge >= 0.3 is 0 Å². The topological polar surface area (TPSA) is 86.3 Å². The van der Waals surface area contributed by atoms with Gasteiger partial charge in [0.15, 0.2) is 11.5 Å². The Labute approximate surface area is 149 Å². The fourth-order valence-corrected chi connectivity index (χ4v) is 3.37. The lowest BCUT2D eigenvalue weighted by Gasteiger charge is -2.26. The molecule has 3 aromatic rings. The number of carbonyl (C=O) groups excluding carboxylic acids is 2. The molecule has 0 radical (unpaired) electrons. The minimum absolute atomic E-state index is 0.114. The number of hydrogen-bond acceptors (Lipinski definition) is 4. The van der Waals surface area contributed by atoms with Crippen molar-refractivity contribution >= 4 is 28.4 Å². The zero-order valence-electron chi connectivity index (χ0n) is 14.4. The minimum atomic E-state index is -0.666. The summed E-state index contributed by atoms with van der Waals surface area (Å²) in [5.74, 6) is -1.40. The molecule has 2 aromatic carbocycles. The van der Waals surface area contributed by atoms with E-state index < -0.39 is 17.7 Å². The van der Waals surface area contributed by atoms with Gasteiger partial charge in [-0.2, -0.15) is 0 Å². The van der Waals surface area contributed by atoms with Gasteiger partial charge in [-0.25, -0.2) is 4.98 Å². The van der Waals surface area contributed by atoms with Crippen LogP contribution in [0.25, 0.3) is 11.0 Å². The number of benzene rings is 2. The SMILES string of the molecule is CC(=O)C1=C(O)C(=O)N(c2ccc3nc[nH]c3c2)C1c1ccc(C)cc1. The second-order valence-corrected chi connectivity index (χ2v) is 6.41. The van der Waals surface area contributed by atoms with E-state index in [9.17, 15) is 14.7 Å². The smallest absolute Gasteiger partial charge is 0.294 e. The summed E-state index contributed by atoms with van der Waals surface area (Å²) in [5, 5.41) is 10.4. The third kappa shape index (κ3) is 2.38. The van der Waals surface area contributed by atoms with E-state index in [1.807, 2.05) is 31.2 Å². The Hall–Kier alpha value is -3.41. The quantitative estimate of drug-likeness (QED) is 0.761. The van der Waals surface area contributed by atoms with E-state index in [1.54, 1.807) is 24.5 Å². The molecule has 6 heteroatoms. The second-order valence-electron chi connectivity index (χ2n) is 6.41. The molecule has 4 rings (SSSR count). The van der Waals surface area contributed by atoms with Gasteiger partial charge in [-0.3, -0.25) is 14.5 Å². The molecule has 1 aliphatic rings. The van der Waals surface area contributed by atoms with E-state index in [-0.39, 0.29) is 11.4 Å². The van der Waals surface area contributed by atoms with E-state index in [2.05, 4.69) is 9.97 Å². The van der Waals surface area contributed by atoms with E-state index in [0.717, 1.165) is 22.2 Å². The Morgan fingerprint density at radius 3 is 2.62 bits per heavy atom. The maximum atomic E-state index is 12.8. The molecule has 1 atom stereocenters. The van der Waals surface area contributed by atoms with Crippen molar-refractivity contribution in [3.8, 4) is 0 Å². The fraction of sp³-hybridized carbons (Fsp3) is 0.150. The number of carbonyl (C=O) groups is 2. The number of nitrogens with zero attached hydrogens (tertiary/aromatic N) is 2. The number of anilines is 1. The van der Waals surface area contributed by atoms with Crippen LogP contribution in [0.2, 0.25) is 0 Å². The number of nitrogens with one attached hydrogen (secondary N) is 1. The fourth-order valence-electron chi connectivity index (χ4n) is 3.37. The van der Waals surface area contributed by atoms with Gasteiger partial charge in [-0.05, 0) is 37.6 Å². The van der Waals surface area contributed by atoms with Crippen LogP contribution in [-0.4, -0.2) is 26.8 Å². The van der Waals surface area contributed by atoms with Crippen LogP contribution in [0.3, 0.4) is 0 Å². The molecule has 2 N–H and O–H groups in total. The third-order valence-corrected chi connectivity index (χ3v) is 4.66. The molecule has 1 aliphatic heterocycles. The molecule has 1 unspecified atom stereocenters. The van der Waals surface area contributed by atoms with E-state index in [1.165, 1.54) is 11.8 Å². The Bertz CT molecular complexity index is 1060. The highest BCUT2D eigenvalue weighted by molar-refractivity contribution is 6.16. The largest absolute Gasteiger partial charge is 0.503 e. The van der Waals surface area contributed by atoms with Gasteiger partial charge in [-0.15, -0.1) is 0 Å². The number of imidazole rings is 1. The molecule has 2 heterocycles. The number of aryl methyl sites for hydroxylation is 1. The zero-order chi connectivity index (χ0) is 18.4. The Morgan fingerprint density at radius 1 is 1.19 bits per heavy atom. The number of amides is 1. The van der Waals surface area contributed by atoms with E-state index >= 15 is 0 Å². The lowest BCUT2D eigenvalue weighted by atomic mass is 9.95. The van der Waals surface area contributed by atoms with Gasteiger partial charge in [0.1, 0.15) is 0 Å². The molecule has 0 bridgehead atoms. The normalized spacial score (nSPS) is 17.4. The number of ketones is 1. The minimum Gasteiger partial charge on any atom is -0.503 e. The Kier molecular flexibility index (Phi) is 3.61. The van der Waals surface area contributed by atoms with Gasteiger partial charge in [0.25, 0.3) is 5.91 Å². The predicted molar refractivity (Wildman–Crippen MR) is 97.8 cm³/mol. The molecule has 1 amide bonds. The van der Waals surface area contributed by atoms with Crippen LogP contribution in [0.1, 0.15) is 24.1 Å². The molecule has 0 spiro atoms. The second kappa shape index (κ2) is 5.84. The van der Waals surface area contributed by atoms with Crippen molar-refractivity contribution in [3.05, 3.63) is 71.3 Å². The van der Waals surface area contributed by atoms with Crippen molar-refractivity contribution in [3.63, 3.8) is 0 Å². The zero-order valence-corrected chi connectivity index (χ0v) is 14.4. The predicted octanol–water partition coefficient (Wildman–Crippen LogP) is 3.36. The highest BCUT2D eigenvalue weighted by atomic mass is 16.3. The standard InChI is InChI=1S/C20H17N3O3/c1-11-3-5-13(6-4-11)18-17(12(2)24)19(25)20(26)23(18)14-7-8-15-16(9-14)22-10-21-15/h3-10,18,25H,1-2H3,(H,21,22). The number of aliphatic hydroxyl groups excluding tert-OH is 1. The van der Waals surface area contributed by atoms with Gasteiger partial charge < -0.3 is 10.1 Å². The number of fused-ring (bicyclic) bond motifs is 1. The number of H-pyrrole nitrogens is 1. The molecule has 0 aliphatic carbocycles. The van der Waals surface area contributed by atoms with Crippen LogP contribution in [-0.2, 0) is 9.59 Å². The average molecular weight is 347 g/mol. The average Bonchev–Trinajstić information content (AvgIpc) is 3.18. The summed E-state index contributed by atoms with van der Waals surface area (Å²) in [7, 11) is 0. The molecular formula is C20H17N3O3. The van der Waals surface area contributed by atoms with Crippen LogP contribution in [0.15, 0.2) is 60.1 Å². The monoisotopic (exact) mass is 347 g/mol. The summed E-state index contributed by atoms with van der Waals surface area (Å²) in [4.78, 5) is 33.6. The number of hydrogen-bond donors (Lipinski definition) is 2. The lowest BCUT2D eigenvalue weighted by Crippen LogP contribution is -2.30. The first kappa shape index (κ1) is 16.1. The van der Waals surface area contributed by atoms with Crippen molar-refractivity contribution < 1.29 is 14.7 Å². The summed E-state index contributed by atoms with van der Waals surface area (Å²) < 4.78 is 0. The Balaban J connectivity index is 1.89. The first-order chi connectivity index (χ1) is 12.5. The van der Waals surface area contributed by atoms with Gasteiger partial charge in [0.2, 0.25) is 0 Å². The van der Waals surface area contributed by atoms with E-state index in [0.29, 0.717) is 5.69 Å². The van der Waals surface area contributed by atoms with Crippen LogP contribution < -0.4 is 4.90 Å². The third-order valence-electron chi connectivity index (χ3n) is 4.66. The first-order valence-corrected chi connectivity index (χ1v) is 8.24. The molecule has 6 nitrogen and oxygen atoms in total. The summed E-state index contributed by atoms with van der Waals surface area (Å²) >= 11 is 0. The summed E-state index contributed by atoms with van der Waals surface area (Å²) in [6.07, 6.45) is 1.58. The van der Waals surface area contributed by atoms with Crippen molar-refractivity contribution in [2.45, 2.75) is 19.9 Å². The number of aromatic nitrogens is 2.